The number of carbonyl (C=O) groups excluding carboxylic acids is 1. The molecule has 0 saturated heterocycles. The van der Waals surface area contributed by atoms with Crippen molar-refractivity contribution in [2.75, 3.05) is 23.8 Å². The van der Waals surface area contributed by atoms with Gasteiger partial charge in [0.1, 0.15) is 28.8 Å². The molecule has 2 N–H and O–H groups in total. The molecule has 0 atom stereocenters. The van der Waals surface area contributed by atoms with E-state index in [0.29, 0.717) is 11.4 Å². The normalized spacial score (nSPS) is 11.0. The topological polar surface area (TPSA) is 93.7 Å². The molecular weight excluding hydrogens is 466 g/mol. The molecule has 32 heavy (non-hydrogen) atoms. The Kier molecular flexibility index (Phi) is 7.16. The molecule has 3 aromatic rings. The van der Waals surface area contributed by atoms with Crippen molar-refractivity contribution in [2.24, 2.45) is 0 Å². The Morgan fingerprint density at radius 3 is 2.28 bits per heavy atom. The highest BCUT2D eigenvalue weighted by atomic mass is 35.5. The summed E-state index contributed by atoms with van der Waals surface area (Å²) in [6.45, 7) is -0.607. The van der Waals surface area contributed by atoms with Crippen LogP contribution in [0.4, 0.5) is 20.2 Å². The maximum atomic E-state index is 13.6. The first-order valence-electron chi connectivity index (χ1n) is 9.02. The molecule has 168 valence electrons. The lowest BCUT2D eigenvalue weighted by atomic mass is 10.3. The van der Waals surface area contributed by atoms with Crippen LogP contribution >= 0.6 is 11.6 Å². The van der Waals surface area contributed by atoms with Gasteiger partial charge in [0.2, 0.25) is 0 Å². The Labute approximate surface area is 188 Å². The highest BCUT2D eigenvalue weighted by molar-refractivity contribution is 7.92. The second-order valence-electron chi connectivity index (χ2n) is 6.36. The molecule has 0 saturated carbocycles. The van der Waals surface area contributed by atoms with Gasteiger partial charge in [-0.1, -0.05) is 17.7 Å². The zero-order valence-electron chi connectivity index (χ0n) is 16.6. The number of sulfonamides is 1. The largest absolute Gasteiger partial charge is 0.497 e. The molecule has 0 heterocycles. The molecule has 3 aromatic carbocycles. The summed E-state index contributed by atoms with van der Waals surface area (Å²) in [5, 5.41) is 1.99. The number of carbonyl (C=O) groups is 1. The SMILES string of the molecule is COc1ccc(NS(=O)(=O)c2ccc(OCC(=O)Nc3c(F)cccc3F)c(Cl)c2)cc1. The van der Waals surface area contributed by atoms with Gasteiger partial charge in [0, 0.05) is 5.69 Å². The summed E-state index contributed by atoms with van der Waals surface area (Å²) in [5.74, 6) is -2.12. The highest BCUT2D eigenvalue weighted by Crippen LogP contribution is 2.29. The Balaban J connectivity index is 1.65. The molecule has 11 heteroatoms. The molecule has 3 rings (SSSR count). The first-order valence-corrected chi connectivity index (χ1v) is 10.9. The minimum atomic E-state index is -3.95. The number of benzene rings is 3. The lowest BCUT2D eigenvalue weighted by Crippen LogP contribution is -2.21. The van der Waals surface area contributed by atoms with Crippen LogP contribution in [0, 0.1) is 11.6 Å². The highest BCUT2D eigenvalue weighted by Gasteiger charge is 2.18. The predicted octanol–water partition coefficient (Wildman–Crippen LogP) is 4.45. The van der Waals surface area contributed by atoms with Crippen LogP contribution in [-0.2, 0) is 14.8 Å². The van der Waals surface area contributed by atoms with Crippen LogP contribution in [0.2, 0.25) is 5.02 Å². The number of nitrogens with one attached hydrogen (secondary N) is 2. The quantitative estimate of drug-likeness (QED) is 0.495. The summed E-state index contributed by atoms with van der Waals surface area (Å²) in [7, 11) is -2.45. The minimum absolute atomic E-state index is 0.0132. The Hall–Kier alpha value is -3.37. The fourth-order valence-corrected chi connectivity index (χ4v) is 3.96. The fourth-order valence-electron chi connectivity index (χ4n) is 2.57. The van der Waals surface area contributed by atoms with Crippen LogP contribution in [0.1, 0.15) is 0 Å². The second-order valence-corrected chi connectivity index (χ2v) is 8.45. The lowest BCUT2D eigenvalue weighted by Gasteiger charge is -2.12. The first-order chi connectivity index (χ1) is 15.2. The Morgan fingerprint density at radius 1 is 1.03 bits per heavy atom. The van der Waals surface area contributed by atoms with E-state index in [-0.39, 0.29) is 15.7 Å². The number of anilines is 2. The summed E-state index contributed by atoms with van der Waals surface area (Å²) in [5.41, 5.74) is -0.280. The van der Waals surface area contributed by atoms with E-state index in [2.05, 4.69) is 10.0 Å². The summed E-state index contributed by atoms with van der Waals surface area (Å²) in [6, 6.07) is 13.1. The lowest BCUT2D eigenvalue weighted by molar-refractivity contribution is -0.118. The second kappa shape index (κ2) is 9.84. The number of amides is 1. The van der Waals surface area contributed by atoms with Gasteiger partial charge < -0.3 is 14.8 Å². The van der Waals surface area contributed by atoms with Crippen LogP contribution in [0.3, 0.4) is 0 Å². The van der Waals surface area contributed by atoms with E-state index in [9.17, 15) is 22.0 Å². The van der Waals surface area contributed by atoms with Crippen LogP contribution in [0.15, 0.2) is 65.6 Å². The number of hydrogen-bond donors (Lipinski definition) is 2. The van der Waals surface area contributed by atoms with E-state index in [1.165, 1.54) is 31.4 Å². The van der Waals surface area contributed by atoms with Crippen molar-refractivity contribution in [3.63, 3.8) is 0 Å². The van der Waals surface area contributed by atoms with Gasteiger partial charge in [-0.2, -0.15) is 0 Å². The van der Waals surface area contributed by atoms with Gasteiger partial charge in [-0.3, -0.25) is 9.52 Å². The molecule has 0 radical (unpaired) electrons. The Bertz CT molecular complexity index is 1220. The first kappa shape index (κ1) is 23.3. The zero-order valence-corrected chi connectivity index (χ0v) is 18.1. The van der Waals surface area contributed by atoms with Crippen molar-refractivity contribution in [1.82, 2.24) is 0 Å². The van der Waals surface area contributed by atoms with E-state index in [1.807, 2.05) is 0 Å². The van der Waals surface area contributed by atoms with E-state index in [0.717, 1.165) is 24.3 Å². The van der Waals surface area contributed by atoms with E-state index in [4.69, 9.17) is 21.1 Å². The van der Waals surface area contributed by atoms with Gasteiger partial charge in [-0.25, -0.2) is 17.2 Å². The average molecular weight is 483 g/mol. The molecule has 0 bridgehead atoms. The number of rotatable bonds is 8. The van der Waals surface area contributed by atoms with Gasteiger partial charge in [0.25, 0.3) is 15.9 Å². The number of ether oxygens (including phenoxy) is 2. The van der Waals surface area contributed by atoms with Crippen molar-refractivity contribution >= 4 is 38.9 Å². The van der Waals surface area contributed by atoms with E-state index < -0.39 is 39.9 Å². The molecule has 7 nitrogen and oxygen atoms in total. The monoisotopic (exact) mass is 482 g/mol. The van der Waals surface area contributed by atoms with Gasteiger partial charge in [-0.15, -0.1) is 0 Å². The summed E-state index contributed by atoms with van der Waals surface area (Å²) in [6.07, 6.45) is 0. The van der Waals surface area contributed by atoms with Gasteiger partial charge in [-0.05, 0) is 54.6 Å². The molecule has 0 aliphatic heterocycles. The van der Waals surface area contributed by atoms with Crippen molar-refractivity contribution in [2.45, 2.75) is 4.90 Å². The van der Waals surface area contributed by atoms with Gasteiger partial charge >= 0.3 is 0 Å². The van der Waals surface area contributed by atoms with E-state index >= 15 is 0 Å². The van der Waals surface area contributed by atoms with Gasteiger partial charge in [0.05, 0.1) is 17.0 Å². The molecule has 0 aliphatic rings. The average Bonchev–Trinajstić information content (AvgIpc) is 2.76. The molecule has 0 spiro atoms. The summed E-state index contributed by atoms with van der Waals surface area (Å²) < 4.78 is 65.0. The van der Waals surface area contributed by atoms with Crippen LogP contribution in [-0.4, -0.2) is 28.0 Å². The summed E-state index contributed by atoms with van der Waals surface area (Å²) >= 11 is 6.09. The number of para-hydroxylation sites is 1. The van der Waals surface area contributed by atoms with Crippen LogP contribution < -0.4 is 19.5 Å². The molecule has 0 aliphatic carbocycles. The smallest absolute Gasteiger partial charge is 0.262 e. The third-order valence-corrected chi connectivity index (χ3v) is 5.82. The van der Waals surface area contributed by atoms with Crippen LogP contribution in [0.5, 0.6) is 11.5 Å². The number of halogens is 3. The van der Waals surface area contributed by atoms with Crippen molar-refractivity contribution in [3.05, 3.63) is 77.3 Å². The van der Waals surface area contributed by atoms with E-state index in [1.54, 1.807) is 12.1 Å². The third kappa shape index (κ3) is 5.65. The zero-order chi connectivity index (χ0) is 23.3. The molecule has 1 amide bonds. The Morgan fingerprint density at radius 2 is 1.69 bits per heavy atom. The van der Waals surface area contributed by atoms with Crippen LogP contribution in [0.25, 0.3) is 0 Å². The predicted molar refractivity (Wildman–Crippen MR) is 116 cm³/mol. The molecular formula is C21H17ClF2N2O5S. The third-order valence-electron chi connectivity index (χ3n) is 4.14. The fraction of sp³-hybridized carbons (Fsp3) is 0.0952. The maximum absolute atomic E-state index is 13.6. The number of hydrogen-bond acceptors (Lipinski definition) is 5. The van der Waals surface area contributed by atoms with Gasteiger partial charge in [0.15, 0.2) is 6.61 Å². The van der Waals surface area contributed by atoms with Crippen molar-refractivity contribution < 1.29 is 31.5 Å². The van der Waals surface area contributed by atoms with Crippen molar-refractivity contribution in [3.8, 4) is 11.5 Å². The number of methoxy groups -OCH3 is 1. The van der Waals surface area contributed by atoms with Crippen molar-refractivity contribution in [1.29, 1.82) is 0 Å². The summed E-state index contributed by atoms with van der Waals surface area (Å²) in [4.78, 5) is 11.8. The standard InChI is InChI=1S/C21H17ClF2N2O5S/c1-30-14-7-5-13(6-8-14)26-32(28,29)15-9-10-19(16(22)11-15)31-12-20(27)25-21-17(23)3-2-4-18(21)24/h2-11,26H,12H2,1H3,(H,25,27). The maximum Gasteiger partial charge on any atom is 0.262 e. The minimum Gasteiger partial charge on any atom is -0.497 e. The molecule has 0 unspecified atom stereocenters. The molecule has 0 aromatic heterocycles. The molecule has 0 fully saturated rings.